The van der Waals surface area contributed by atoms with Gasteiger partial charge in [0.05, 0.1) is 19.3 Å². The van der Waals surface area contributed by atoms with Crippen molar-refractivity contribution >= 4 is 11.8 Å². The van der Waals surface area contributed by atoms with Crippen LogP contribution in [0.4, 0.5) is 4.79 Å². The van der Waals surface area contributed by atoms with Gasteiger partial charge in [-0.2, -0.15) is 0 Å². The molecule has 1 fully saturated rings. The zero-order chi connectivity index (χ0) is 15.9. The molecule has 2 amide bonds. The van der Waals surface area contributed by atoms with Gasteiger partial charge in [0.1, 0.15) is 0 Å². The van der Waals surface area contributed by atoms with Gasteiger partial charge in [0.15, 0.2) is 5.78 Å². The molecule has 1 aromatic rings. The third kappa shape index (κ3) is 3.85. The number of amides is 2. The zero-order valence-corrected chi connectivity index (χ0v) is 13.3. The van der Waals surface area contributed by atoms with E-state index in [4.69, 9.17) is 4.74 Å². The maximum absolute atomic E-state index is 12.6. The van der Waals surface area contributed by atoms with Crippen molar-refractivity contribution in [3.63, 3.8) is 0 Å². The second kappa shape index (κ2) is 7.94. The predicted molar refractivity (Wildman–Crippen MR) is 85.0 cm³/mol. The average Bonchev–Trinajstić information content (AvgIpc) is 2.57. The molecule has 120 valence electrons. The fourth-order valence-electron chi connectivity index (χ4n) is 2.71. The number of urea groups is 1. The normalized spacial score (nSPS) is 18.1. The van der Waals surface area contributed by atoms with Gasteiger partial charge in [0.25, 0.3) is 0 Å². The monoisotopic (exact) mass is 304 g/mol. The first-order valence-corrected chi connectivity index (χ1v) is 7.88. The highest BCUT2D eigenvalue weighted by Crippen LogP contribution is 2.16. The fourth-order valence-corrected chi connectivity index (χ4v) is 2.71. The lowest BCUT2D eigenvalue weighted by atomic mass is 10.0. The van der Waals surface area contributed by atoms with Crippen molar-refractivity contribution in [1.82, 2.24) is 9.80 Å². The number of ketones is 1. The molecule has 2 rings (SSSR count). The van der Waals surface area contributed by atoms with Gasteiger partial charge in [-0.05, 0) is 13.8 Å². The smallest absolute Gasteiger partial charge is 0.320 e. The van der Waals surface area contributed by atoms with Crippen molar-refractivity contribution in [3.8, 4) is 0 Å². The lowest BCUT2D eigenvalue weighted by molar-refractivity contribution is 0.00317. The third-order valence-electron chi connectivity index (χ3n) is 4.02. The Morgan fingerprint density at radius 3 is 2.55 bits per heavy atom. The average molecular weight is 304 g/mol. The third-order valence-corrected chi connectivity index (χ3v) is 4.02. The van der Waals surface area contributed by atoms with Crippen molar-refractivity contribution < 1.29 is 14.3 Å². The molecule has 0 saturated carbocycles. The van der Waals surface area contributed by atoms with E-state index in [1.807, 2.05) is 44.2 Å². The van der Waals surface area contributed by atoms with Gasteiger partial charge >= 0.3 is 6.03 Å². The molecular formula is C17H24N2O3. The molecule has 1 aliphatic rings. The second-order valence-corrected chi connectivity index (χ2v) is 5.37. The molecule has 0 spiro atoms. The van der Waals surface area contributed by atoms with Crippen molar-refractivity contribution in [2.24, 2.45) is 0 Å². The Hall–Kier alpha value is -1.88. The van der Waals surface area contributed by atoms with Gasteiger partial charge < -0.3 is 14.5 Å². The van der Waals surface area contributed by atoms with Crippen LogP contribution < -0.4 is 0 Å². The Labute approximate surface area is 131 Å². The second-order valence-electron chi connectivity index (χ2n) is 5.37. The van der Waals surface area contributed by atoms with Crippen molar-refractivity contribution in [3.05, 3.63) is 35.9 Å². The predicted octanol–water partition coefficient (Wildman–Crippen LogP) is 2.42. The molecule has 22 heavy (non-hydrogen) atoms. The summed E-state index contributed by atoms with van der Waals surface area (Å²) in [4.78, 5) is 28.5. The topological polar surface area (TPSA) is 49.9 Å². The van der Waals surface area contributed by atoms with E-state index in [0.29, 0.717) is 44.8 Å². The van der Waals surface area contributed by atoms with E-state index in [9.17, 15) is 9.59 Å². The van der Waals surface area contributed by atoms with Crippen LogP contribution in [0.5, 0.6) is 0 Å². The van der Waals surface area contributed by atoms with Crippen LogP contribution in [0.1, 0.15) is 30.6 Å². The standard InChI is InChI=1S/C17H24N2O3/c1-3-18(4-2)17(21)19-10-11-22-13-15(19)12-16(20)14-8-6-5-7-9-14/h5-9,15H,3-4,10-13H2,1-2H3/t15-/m1/s1. The van der Waals surface area contributed by atoms with E-state index in [-0.39, 0.29) is 17.9 Å². The molecule has 1 aromatic carbocycles. The summed E-state index contributed by atoms with van der Waals surface area (Å²) in [7, 11) is 0. The van der Waals surface area contributed by atoms with Crippen molar-refractivity contribution in [1.29, 1.82) is 0 Å². The highest BCUT2D eigenvalue weighted by Gasteiger charge is 2.31. The number of rotatable bonds is 5. The molecule has 0 bridgehead atoms. The largest absolute Gasteiger partial charge is 0.377 e. The number of hydrogen-bond acceptors (Lipinski definition) is 3. The Morgan fingerprint density at radius 2 is 1.91 bits per heavy atom. The van der Waals surface area contributed by atoms with E-state index in [1.54, 1.807) is 9.80 Å². The number of morpholine rings is 1. The maximum atomic E-state index is 12.6. The summed E-state index contributed by atoms with van der Waals surface area (Å²) >= 11 is 0. The van der Waals surface area contributed by atoms with Crippen LogP contribution in [0.25, 0.3) is 0 Å². The number of carbonyl (C=O) groups is 2. The Kier molecular flexibility index (Phi) is 5.95. The van der Waals surface area contributed by atoms with Gasteiger partial charge in [-0.25, -0.2) is 4.79 Å². The van der Waals surface area contributed by atoms with Crippen molar-refractivity contribution in [2.45, 2.75) is 26.3 Å². The first-order valence-electron chi connectivity index (χ1n) is 7.88. The van der Waals surface area contributed by atoms with E-state index >= 15 is 0 Å². The number of hydrogen-bond donors (Lipinski definition) is 0. The number of nitrogens with zero attached hydrogens (tertiary/aromatic N) is 2. The molecule has 1 saturated heterocycles. The van der Waals surface area contributed by atoms with Crippen LogP contribution in [-0.2, 0) is 4.74 Å². The summed E-state index contributed by atoms with van der Waals surface area (Å²) in [6, 6.07) is 9.02. The minimum atomic E-state index is -0.186. The molecule has 0 aromatic heterocycles. The summed E-state index contributed by atoms with van der Waals surface area (Å²) < 4.78 is 5.48. The van der Waals surface area contributed by atoms with Gasteiger partial charge in [0.2, 0.25) is 0 Å². The molecule has 0 N–H and O–H groups in total. The van der Waals surface area contributed by atoms with E-state index in [1.165, 1.54) is 0 Å². The van der Waals surface area contributed by atoms with Crippen LogP contribution in [0, 0.1) is 0 Å². The van der Waals surface area contributed by atoms with Gasteiger partial charge in [0, 0.05) is 31.6 Å². The van der Waals surface area contributed by atoms with Gasteiger partial charge in [-0.15, -0.1) is 0 Å². The number of ether oxygens (including phenoxy) is 1. The fraction of sp³-hybridized carbons (Fsp3) is 0.529. The minimum absolute atomic E-state index is 0.000776. The molecule has 0 radical (unpaired) electrons. The lowest BCUT2D eigenvalue weighted by Gasteiger charge is -2.38. The molecule has 1 atom stereocenters. The highest BCUT2D eigenvalue weighted by molar-refractivity contribution is 5.96. The summed E-state index contributed by atoms with van der Waals surface area (Å²) in [5.74, 6) is 0.0495. The molecule has 5 heteroatoms. The lowest BCUT2D eigenvalue weighted by Crippen LogP contribution is -2.54. The summed E-state index contributed by atoms with van der Waals surface area (Å²) in [6.45, 7) is 6.77. The minimum Gasteiger partial charge on any atom is -0.377 e. The molecule has 0 aliphatic carbocycles. The molecule has 5 nitrogen and oxygen atoms in total. The van der Waals surface area contributed by atoms with E-state index in [0.717, 1.165) is 0 Å². The van der Waals surface area contributed by atoms with Crippen LogP contribution in [0.3, 0.4) is 0 Å². The maximum Gasteiger partial charge on any atom is 0.320 e. The zero-order valence-electron chi connectivity index (χ0n) is 13.3. The molecule has 1 heterocycles. The van der Waals surface area contributed by atoms with E-state index < -0.39 is 0 Å². The summed E-state index contributed by atoms with van der Waals surface area (Å²) in [5.41, 5.74) is 0.684. The van der Waals surface area contributed by atoms with Crippen LogP contribution in [-0.4, -0.2) is 60.5 Å². The number of Topliss-reactive ketones (excluding diaryl/α,β-unsaturated/α-hetero) is 1. The quantitative estimate of drug-likeness (QED) is 0.785. The van der Waals surface area contributed by atoms with Gasteiger partial charge in [-0.1, -0.05) is 30.3 Å². The van der Waals surface area contributed by atoms with Crippen LogP contribution >= 0.6 is 0 Å². The Bertz CT molecular complexity index is 500. The molecular weight excluding hydrogens is 280 g/mol. The van der Waals surface area contributed by atoms with Crippen LogP contribution in [0.15, 0.2) is 30.3 Å². The van der Waals surface area contributed by atoms with Crippen molar-refractivity contribution in [2.75, 3.05) is 32.8 Å². The number of benzene rings is 1. The Morgan fingerprint density at radius 1 is 1.23 bits per heavy atom. The SMILES string of the molecule is CCN(CC)C(=O)N1CCOC[C@H]1CC(=O)c1ccccc1. The number of carbonyl (C=O) groups excluding carboxylic acids is 2. The first-order chi connectivity index (χ1) is 10.7. The summed E-state index contributed by atoms with van der Waals surface area (Å²) in [5, 5.41) is 0. The molecule has 1 aliphatic heterocycles. The van der Waals surface area contributed by atoms with E-state index in [2.05, 4.69) is 0 Å². The van der Waals surface area contributed by atoms with Gasteiger partial charge in [-0.3, -0.25) is 4.79 Å². The first kappa shape index (κ1) is 16.5. The highest BCUT2D eigenvalue weighted by atomic mass is 16.5. The Balaban J connectivity index is 2.06. The van der Waals surface area contributed by atoms with Crippen LogP contribution in [0.2, 0.25) is 0 Å². The molecule has 0 unspecified atom stereocenters. The summed E-state index contributed by atoms with van der Waals surface area (Å²) in [6.07, 6.45) is 0.303.